The minimum absolute atomic E-state index is 0.0213. The molecular formula is C13H13ClN4O2S. The van der Waals surface area contributed by atoms with E-state index in [4.69, 9.17) is 16.9 Å². The fourth-order valence-corrected chi connectivity index (χ4v) is 3.05. The van der Waals surface area contributed by atoms with E-state index in [1.807, 2.05) is 13.0 Å². The zero-order valence-electron chi connectivity index (χ0n) is 11.5. The number of benzene rings is 1. The Bertz CT molecular complexity index is 821. The summed E-state index contributed by atoms with van der Waals surface area (Å²) in [6.07, 6.45) is 1.61. The third-order valence-corrected chi connectivity index (χ3v) is 4.87. The van der Waals surface area contributed by atoms with E-state index in [0.717, 1.165) is 11.3 Å². The van der Waals surface area contributed by atoms with Crippen molar-refractivity contribution in [3.05, 3.63) is 46.2 Å². The lowest BCUT2D eigenvalue weighted by atomic mass is 10.2. The number of halogens is 1. The molecule has 0 aliphatic heterocycles. The average molecular weight is 325 g/mol. The molecule has 6 nitrogen and oxygen atoms in total. The molecule has 0 saturated carbocycles. The Morgan fingerprint density at radius 2 is 2.19 bits per heavy atom. The zero-order chi connectivity index (χ0) is 15.6. The molecule has 8 heteroatoms. The molecule has 1 N–H and O–H groups in total. The van der Waals surface area contributed by atoms with Gasteiger partial charge < -0.3 is 0 Å². The van der Waals surface area contributed by atoms with Crippen molar-refractivity contribution in [3.63, 3.8) is 0 Å². The summed E-state index contributed by atoms with van der Waals surface area (Å²) in [5.41, 5.74) is 1.91. The monoisotopic (exact) mass is 324 g/mol. The molecule has 2 aromatic rings. The highest BCUT2D eigenvalue weighted by Gasteiger charge is 2.16. The van der Waals surface area contributed by atoms with Gasteiger partial charge in [0.15, 0.2) is 0 Å². The molecule has 1 heterocycles. The normalized spacial score (nSPS) is 11.3. The smallest absolute Gasteiger partial charge is 0.240 e. The molecule has 0 saturated heterocycles. The Hall–Kier alpha value is -1.88. The van der Waals surface area contributed by atoms with Crippen LogP contribution in [0.15, 0.2) is 29.3 Å². The third kappa shape index (κ3) is 3.24. The number of hydrogen-bond acceptors (Lipinski definition) is 4. The first-order valence-electron chi connectivity index (χ1n) is 6.02. The second kappa shape index (κ2) is 5.85. The minimum Gasteiger partial charge on any atom is -0.273 e. The molecule has 2 rings (SSSR count). The van der Waals surface area contributed by atoms with Crippen LogP contribution in [0.25, 0.3) is 0 Å². The molecule has 0 aliphatic carbocycles. The van der Waals surface area contributed by atoms with Gasteiger partial charge in [0.2, 0.25) is 10.0 Å². The number of nitrogens with one attached hydrogen (secondary N) is 1. The standard InChI is InChI=1S/C13H13ClN4O2S/c1-9-11(7-16-18(9)2)8-17-21(19,20)12-4-3-10(6-15)13(14)5-12/h3-5,7,17H,8H2,1-2H3. The molecule has 0 spiro atoms. The van der Waals surface area contributed by atoms with Crippen molar-refractivity contribution in [3.8, 4) is 6.07 Å². The van der Waals surface area contributed by atoms with Crippen LogP contribution in [-0.4, -0.2) is 18.2 Å². The lowest BCUT2D eigenvalue weighted by molar-refractivity contribution is 0.581. The topological polar surface area (TPSA) is 87.8 Å². The van der Waals surface area contributed by atoms with Gasteiger partial charge in [0.1, 0.15) is 6.07 Å². The molecule has 1 aromatic heterocycles. The predicted molar refractivity (Wildman–Crippen MR) is 78.1 cm³/mol. The second-order valence-electron chi connectivity index (χ2n) is 4.46. The fraction of sp³-hybridized carbons (Fsp3) is 0.231. The van der Waals surface area contributed by atoms with Gasteiger partial charge in [-0.15, -0.1) is 0 Å². The SMILES string of the molecule is Cc1c(CNS(=O)(=O)c2ccc(C#N)c(Cl)c2)cnn1C. The molecule has 0 atom stereocenters. The number of sulfonamides is 1. The first kappa shape index (κ1) is 15.5. The van der Waals surface area contributed by atoms with E-state index in [2.05, 4.69) is 9.82 Å². The van der Waals surface area contributed by atoms with Crippen LogP contribution in [0, 0.1) is 18.3 Å². The summed E-state index contributed by atoms with van der Waals surface area (Å²) in [5, 5.41) is 12.9. The number of nitriles is 1. The van der Waals surface area contributed by atoms with Crippen molar-refractivity contribution < 1.29 is 8.42 Å². The van der Waals surface area contributed by atoms with Gasteiger partial charge in [-0.2, -0.15) is 10.4 Å². The summed E-state index contributed by atoms with van der Waals surface area (Å²) >= 11 is 5.85. The molecule has 110 valence electrons. The van der Waals surface area contributed by atoms with Crippen molar-refractivity contribution >= 4 is 21.6 Å². The summed E-state index contributed by atoms with van der Waals surface area (Å²) in [6, 6.07) is 5.88. The van der Waals surface area contributed by atoms with Gasteiger partial charge in [-0.1, -0.05) is 11.6 Å². The van der Waals surface area contributed by atoms with Gasteiger partial charge in [-0.25, -0.2) is 13.1 Å². The predicted octanol–water partition coefficient (Wildman–Crippen LogP) is 1.73. The van der Waals surface area contributed by atoms with Crippen molar-refractivity contribution in [1.82, 2.24) is 14.5 Å². The maximum atomic E-state index is 12.2. The largest absolute Gasteiger partial charge is 0.273 e. The molecule has 0 radical (unpaired) electrons. The number of rotatable bonds is 4. The van der Waals surface area contributed by atoms with E-state index >= 15 is 0 Å². The van der Waals surface area contributed by atoms with Gasteiger partial charge in [0, 0.05) is 24.8 Å². The highest BCUT2D eigenvalue weighted by molar-refractivity contribution is 7.89. The van der Waals surface area contributed by atoms with Gasteiger partial charge in [0.05, 0.1) is 21.7 Å². The first-order valence-corrected chi connectivity index (χ1v) is 7.88. The van der Waals surface area contributed by atoms with E-state index in [1.165, 1.54) is 18.2 Å². The van der Waals surface area contributed by atoms with Crippen LogP contribution in [-0.2, 0) is 23.6 Å². The zero-order valence-corrected chi connectivity index (χ0v) is 13.0. The van der Waals surface area contributed by atoms with E-state index in [1.54, 1.807) is 17.9 Å². The van der Waals surface area contributed by atoms with E-state index < -0.39 is 10.0 Å². The van der Waals surface area contributed by atoms with Crippen LogP contribution in [0.3, 0.4) is 0 Å². The van der Waals surface area contributed by atoms with Crippen LogP contribution < -0.4 is 4.72 Å². The molecule has 0 bridgehead atoms. The number of aryl methyl sites for hydroxylation is 1. The summed E-state index contributed by atoms with van der Waals surface area (Å²) in [6.45, 7) is 1.99. The van der Waals surface area contributed by atoms with Crippen molar-refractivity contribution in [2.24, 2.45) is 7.05 Å². The molecule has 1 aromatic carbocycles. The minimum atomic E-state index is -3.69. The average Bonchev–Trinajstić information content (AvgIpc) is 2.76. The van der Waals surface area contributed by atoms with Crippen LogP contribution in [0.5, 0.6) is 0 Å². The summed E-state index contributed by atoms with van der Waals surface area (Å²) < 4.78 is 28.5. The Morgan fingerprint density at radius 3 is 2.71 bits per heavy atom. The third-order valence-electron chi connectivity index (χ3n) is 3.16. The van der Waals surface area contributed by atoms with E-state index in [9.17, 15) is 8.42 Å². The number of hydrogen-bond donors (Lipinski definition) is 1. The number of nitrogens with zero attached hydrogens (tertiary/aromatic N) is 3. The van der Waals surface area contributed by atoms with Gasteiger partial charge in [-0.3, -0.25) is 4.68 Å². The number of aromatic nitrogens is 2. The maximum Gasteiger partial charge on any atom is 0.240 e. The highest BCUT2D eigenvalue weighted by atomic mass is 35.5. The van der Waals surface area contributed by atoms with Crippen molar-refractivity contribution in [1.29, 1.82) is 5.26 Å². The lowest BCUT2D eigenvalue weighted by Crippen LogP contribution is -2.23. The molecule has 0 fully saturated rings. The molecule has 0 amide bonds. The Morgan fingerprint density at radius 1 is 1.48 bits per heavy atom. The summed E-state index contributed by atoms with van der Waals surface area (Å²) in [5.74, 6) is 0. The fourth-order valence-electron chi connectivity index (χ4n) is 1.73. The summed E-state index contributed by atoms with van der Waals surface area (Å²) in [7, 11) is -1.91. The Balaban J connectivity index is 2.21. The first-order chi connectivity index (χ1) is 9.85. The quantitative estimate of drug-likeness (QED) is 0.927. The van der Waals surface area contributed by atoms with Crippen LogP contribution in [0.2, 0.25) is 5.02 Å². The Labute approximate surface area is 128 Å². The maximum absolute atomic E-state index is 12.2. The summed E-state index contributed by atoms with van der Waals surface area (Å²) in [4.78, 5) is 0.0213. The molecule has 0 aliphatic rings. The molecular weight excluding hydrogens is 312 g/mol. The van der Waals surface area contributed by atoms with Crippen LogP contribution in [0.1, 0.15) is 16.8 Å². The van der Waals surface area contributed by atoms with E-state index in [-0.39, 0.29) is 22.0 Å². The van der Waals surface area contributed by atoms with Gasteiger partial charge in [0.25, 0.3) is 0 Å². The second-order valence-corrected chi connectivity index (χ2v) is 6.63. The molecule has 21 heavy (non-hydrogen) atoms. The highest BCUT2D eigenvalue weighted by Crippen LogP contribution is 2.20. The van der Waals surface area contributed by atoms with E-state index in [0.29, 0.717) is 0 Å². The molecule has 0 unspecified atom stereocenters. The van der Waals surface area contributed by atoms with Gasteiger partial charge >= 0.3 is 0 Å². The van der Waals surface area contributed by atoms with Gasteiger partial charge in [-0.05, 0) is 25.1 Å². The lowest BCUT2D eigenvalue weighted by Gasteiger charge is -2.07. The van der Waals surface area contributed by atoms with Crippen molar-refractivity contribution in [2.75, 3.05) is 0 Å². The van der Waals surface area contributed by atoms with Crippen LogP contribution >= 0.6 is 11.6 Å². The Kier molecular flexibility index (Phi) is 4.32. The van der Waals surface area contributed by atoms with Crippen LogP contribution in [0.4, 0.5) is 0 Å². The van der Waals surface area contributed by atoms with Crippen molar-refractivity contribution in [2.45, 2.75) is 18.4 Å².